The highest BCUT2D eigenvalue weighted by atomic mass is 32.1. The fourth-order valence-electron chi connectivity index (χ4n) is 1.85. The summed E-state index contributed by atoms with van der Waals surface area (Å²) in [5.74, 6) is 0.530. The van der Waals surface area contributed by atoms with E-state index in [-0.39, 0.29) is 0 Å². The molecule has 2 rings (SSSR count). The minimum atomic E-state index is 0.530. The number of rotatable bonds is 5. The van der Waals surface area contributed by atoms with E-state index in [2.05, 4.69) is 43.2 Å². The van der Waals surface area contributed by atoms with Crippen LogP contribution in [-0.2, 0) is 19.4 Å². The standard InChI is InChI=1S/C13H19N3S/c1-4-12-6-7-13(17-12)10(3)8-11-9-16(5-2)15-14-11/h6-7,9-10H,4-5,8H2,1-3H3. The van der Waals surface area contributed by atoms with Crippen LogP contribution in [0.2, 0.25) is 0 Å². The van der Waals surface area contributed by atoms with Gasteiger partial charge < -0.3 is 0 Å². The largest absolute Gasteiger partial charge is 0.253 e. The Morgan fingerprint density at radius 2 is 2.18 bits per heavy atom. The molecule has 2 aromatic heterocycles. The molecule has 0 aliphatic carbocycles. The molecule has 0 aliphatic rings. The predicted octanol–water partition coefficient (Wildman–Crippen LogP) is 3.27. The summed E-state index contributed by atoms with van der Waals surface area (Å²) in [5.41, 5.74) is 1.09. The molecule has 0 bridgehead atoms. The minimum absolute atomic E-state index is 0.530. The van der Waals surface area contributed by atoms with Gasteiger partial charge in [-0.05, 0) is 31.4 Å². The Morgan fingerprint density at radius 3 is 2.76 bits per heavy atom. The summed E-state index contributed by atoms with van der Waals surface area (Å²) in [4.78, 5) is 2.91. The van der Waals surface area contributed by atoms with Gasteiger partial charge in [0.05, 0.1) is 5.69 Å². The van der Waals surface area contributed by atoms with Crippen molar-refractivity contribution < 1.29 is 0 Å². The van der Waals surface area contributed by atoms with E-state index in [1.54, 1.807) is 0 Å². The Hall–Kier alpha value is -1.16. The SMILES string of the molecule is CCc1ccc(C(C)Cc2cn(CC)nn2)s1. The van der Waals surface area contributed by atoms with Crippen LogP contribution < -0.4 is 0 Å². The summed E-state index contributed by atoms with van der Waals surface area (Å²) in [6.07, 6.45) is 4.15. The van der Waals surface area contributed by atoms with Crippen molar-refractivity contribution in [2.45, 2.75) is 46.1 Å². The first-order valence-electron chi connectivity index (χ1n) is 6.20. The number of thiophene rings is 1. The molecule has 0 N–H and O–H groups in total. The Balaban J connectivity index is 2.02. The second-order valence-corrected chi connectivity index (χ2v) is 5.53. The summed E-state index contributed by atoms with van der Waals surface area (Å²) in [6.45, 7) is 7.43. The zero-order valence-corrected chi connectivity index (χ0v) is 11.5. The lowest BCUT2D eigenvalue weighted by Crippen LogP contribution is -1.96. The maximum atomic E-state index is 4.20. The van der Waals surface area contributed by atoms with Crippen molar-refractivity contribution >= 4 is 11.3 Å². The molecule has 1 atom stereocenters. The second kappa shape index (κ2) is 5.45. The van der Waals surface area contributed by atoms with Crippen LogP contribution in [0.25, 0.3) is 0 Å². The van der Waals surface area contributed by atoms with Gasteiger partial charge in [0.25, 0.3) is 0 Å². The smallest absolute Gasteiger partial charge is 0.0833 e. The molecule has 3 nitrogen and oxygen atoms in total. The van der Waals surface area contributed by atoms with Crippen molar-refractivity contribution in [1.29, 1.82) is 0 Å². The Morgan fingerprint density at radius 1 is 1.35 bits per heavy atom. The van der Waals surface area contributed by atoms with Gasteiger partial charge in [0.15, 0.2) is 0 Å². The summed E-state index contributed by atoms with van der Waals surface area (Å²) in [7, 11) is 0. The lowest BCUT2D eigenvalue weighted by molar-refractivity contribution is 0.626. The van der Waals surface area contributed by atoms with E-state index in [1.165, 1.54) is 9.75 Å². The maximum absolute atomic E-state index is 4.20. The topological polar surface area (TPSA) is 30.7 Å². The van der Waals surface area contributed by atoms with Gasteiger partial charge in [-0.15, -0.1) is 16.4 Å². The fraction of sp³-hybridized carbons (Fsp3) is 0.538. The molecule has 0 saturated heterocycles. The first-order valence-corrected chi connectivity index (χ1v) is 7.02. The van der Waals surface area contributed by atoms with Gasteiger partial charge in [-0.2, -0.15) is 0 Å². The molecule has 92 valence electrons. The number of hydrogen-bond donors (Lipinski definition) is 0. The summed E-state index contributed by atoms with van der Waals surface area (Å²) >= 11 is 1.92. The van der Waals surface area contributed by atoms with E-state index >= 15 is 0 Å². The molecule has 0 aliphatic heterocycles. The molecule has 1 unspecified atom stereocenters. The lowest BCUT2D eigenvalue weighted by atomic mass is 10.0. The molecular formula is C13H19N3S. The molecule has 0 saturated carbocycles. The van der Waals surface area contributed by atoms with Gasteiger partial charge in [-0.3, -0.25) is 4.68 Å². The zero-order valence-electron chi connectivity index (χ0n) is 10.7. The van der Waals surface area contributed by atoms with Crippen LogP contribution in [0.4, 0.5) is 0 Å². The van der Waals surface area contributed by atoms with Crippen LogP contribution in [0.15, 0.2) is 18.3 Å². The Kier molecular flexibility index (Phi) is 3.94. The van der Waals surface area contributed by atoms with Gasteiger partial charge in [0.2, 0.25) is 0 Å². The van der Waals surface area contributed by atoms with Crippen LogP contribution in [0.3, 0.4) is 0 Å². The molecule has 2 aromatic rings. The van der Waals surface area contributed by atoms with Crippen molar-refractivity contribution in [3.8, 4) is 0 Å². The third-order valence-electron chi connectivity index (χ3n) is 2.94. The van der Waals surface area contributed by atoms with Gasteiger partial charge in [-0.1, -0.05) is 19.1 Å². The molecule has 2 heterocycles. The number of nitrogens with zero attached hydrogens (tertiary/aromatic N) is 3. The van der Waals surface area contributed by atoms with Gasteiger partial charge >= 0.3 is 0 Å². The summed E-state index contributed by atoms with van der Waals surface area (Å²) in [5, 5.41) is 8.27. The summed E-state index contributed by atoms with van der Waals surface area (Å²) in [6, 6.07) is 4.48. The maximum Gasteiger partial charge on any atom is 0.0833 e. The van der Waals surface area contributed by atoms with Gasteiger partial charge in [0, 0.05) is 28.9 Å². The highest BCUT2D eigenvalue weighted by molar-refractivity contribution is 7.12. The van der Waals surface area contributed by atoms with Crippen molar-refractivity contribution in [3.05, 3.63) is 33.8 Å². The van der Waals surface area contributed by atoms with E-state index in [1.807, 2.05) is 22.2 Å². The van der Waals surface area contributed by atoms with Crippen molar-refractivity contribution in [2.75, 3.05) is 0 Å². The lowest BCUT2D eigenvalue weighted by Gasteiger charge is -2.05. The van der Waals surface area contributed by atoms with E-state index in [0.29, 0.717) is 5.92 Å². The van der Waals surface area contributed by atoms with Crippen LogP contribution in [0.1, 0.15) is 42.1 Å². The summed E-state index contributed by atoms with van der Waals surface area (Å²) < 4.78 is 1.88. The van der Waals surface area contributed by atoms with E-state index < -0.39 is 0 Å². The molecule has 0 amide bonds. The first kappa shape index (κ1) is 12.3. The average Bonchev–Trinajstić information content (AvgIpc) is 2.96. The number of aromatic nitrogens is 3. The van der Waals surface area contributed by atoms with Crippen LogP contribution in [0.5, 0.6) is 0 Å². The second-order valence-electron chi connectivity index (χ2n) is 4.33. The molecule has 0 fully saturated rings. The zero-order chi connectivity index (χ0) is 12.3. The Bertz CT molecular complexity index is 472. The molecule has 0 aromatic carbocycles. The molecular weight excluding hydrogens is 230 g/mol. The van der Waals surface area contributed by atoms with Crippen molar-refractivity contribution in [3.63, 3.8) is 0 Å². The van der Waals surface area contributed by atoms with Crippen LogP contribution in [0, 0.1) is 0 Å². The molecule has 4 heteroatoms. The third kappa shape index (κ3) is 2.94. The third-order valence-corrected chi connectivity index (χ3v) is 4.40. The monoisotopic (exact) mass is 249 g/mol. The minimum Gasteiger partial charge on any atom is -0.253 e. The van der Waals surface area contributed by atoms with Crippen LogP contribution >= 0.6 is 11.3 Å². The first-order chi connectivity index (χ1) is 8.22. The van der Waals surface area contributed by atoms with E-state index in [0.717, 1.165) is 25.1 Å². The molecule has 17 heavy (non-hydrogen) atoms. The van der Waals surface area contributed by atoms with Crippen molar-refractivity contribution in [1.82, 2.24) is 15.0 Å². The van der Waals surface area contributed by atoms with Gasteiger partial charge in [-0.25, -0.2) is 0 Å². The highest BCUT2D eigenvalue weighted by Gasteiger charge is 2.11. The Labute approximate surface area is 106 Å². The fourth-order valence-corrected chi connectivity index (χ4v) is 2.85. The normalized spacial score (nSPS) is 12.9. The number of hydrogen-bond acceptors (Lipinski definition) is 3. The molecule has 0 spiro atoms. The van der Waals surface area contributed by atoms with Gasteiger partial charge in [0.1, 0.15) is 0 Å². The average molecular weight is 249 g/mol. The van der Waals surface area contributed by atoms with Crippen LogP contribution in [-0.4, -0.2) is 15.0 Å². The predicted molar refractivity (Wildman–Crippen MR) is 71.5 cm³/mol. The highest BCUT2D eigenvalue weighted by Crippen LogP contribution is 2.27. The molecule has 0 radical (unpaired) electrons. The van der Waals surface area contributed by atoms with E-state index in [9.17, 15) is 0 Å². The van der Waals surface area contributed by atoms with E-state index in [4.69, 9.17) is 0 Å². The number of aryl methyl sites for hydroxylation is 2. The quantitative estimate of drug-likeness (QED) is 0.814. The van der Waals surface area contributed by atoms with Crippen molar-refractivity contribution in [2.24, 2.45) is 0 Å².